The third kappa shape index (κ3) is 2.92. The molecular formula is C17H24N4. The predicted octanol–water partition coefficient (Wildman–Crippen LogP) is 3.21. The van der Waals surface area contributed by atoms with Crippen molar-refractivity contribution < 1.29 is 0 Å². The van der Waals surface area contributed by atoms with Crippen molar-refractivity contribution in [3.05, 3.63) is 36.2 Å². The van der Waals surface area contributed by atoms with Gasteiger partial charge < -0.3 is 0 Å². The monoisotopic (exact) mass is 284 g/mol. The minimum absolute atomic E-state index is 0.0945. The molecular weight excluding hydrogens is 260 g/mol. The van der Waals surface area contributed by atoms with Gasteiger partial charge in [-0.1, -0.05) is 32.4 Å². The van der Waals surface area contributed by atoms with Crippen molar-refractivity contribution in [2.75, 3.05) is 0 Å². The first-order chi connectivity index (χ1) is 10.2. The summed E-state index contributed by atoms with van der Waals surface area (Å²) in [7, 11) is 0. The molecule has 0 spiro atoms. The molecule has 0 aliphatic heterocycles. The summed E-state index contributed by atoms with van der Waals surface area (Å²) >= 11 is 0. The lowest BCUT2D eigenvalue weighted by atomic mass is 9.73. The maximum Gasteiger partial charge on any atom is 0.0890 e. The van der Waals surface area contributed by atoms with Crippen LogP contribution in [0.15, 0.2) is 30.5 Å². The lowest BCUT2D eigenvalue weighted by Gasteiger charge is -2.36. The van der Waals surface area contributed by atoms with Gasteiger partial charge in [-0.2, -0.15) is 0 Å². The Hall–Kier alpha value is -1.52. The van der Waals surface area contributed by atoms with Crippen LogP contribution in [0.25, 0.3) is 11.0 Å². The largest absolute Gasteiger partial charge is 0.271 e. The van der Waals surface area contributed by atoms with Crippen LogP contribution in [0.2, 0.25) is 0 Å². The van der Waals surface area contributed by atoms with E-state index in [4.69, 9.17) is 10.8 Å². The van der Waals surface area contributed by atoms with Gasteiger partial charge in [-0.25, -0.2) is 4.98 Å². The summed E-state index contributed by atoms with van der Waals surface area (Å²) in [6, 6.07) is 8.07. The normalized spacial score (nSPS) is 27.7. The fraction of sp³-hybridized carbons (Fsp3) is 0.529. The summed E-state index contributed by atoms with van der Waals surface area (Å²) in [5.74, 6) is 7.93. The van der Waals surface area contributed by atoms with Gasteiger partial charge in [-0.3, -0.25) is 16.3 Å². The Kier molecular flexibility index (Phi) is 4.17. The van der Waals surface area contributed by atoms with Crippen LogP contribution in [0.1, 0.15) is 44.8 Å². The number of rotatable bonds is 3. The average Bonchev–Trinajstić information content (AvgIpc) is 2.51. The van der Waals surface area contributed by atoms with Crippen LogP contribution < -0.4 is 11.3 Å². The SMILES string of the molecule is CC1CCC(C(NN)c2cnc3ccccc3n2)CC1C. The smallest absolute Gasteiger partial charge is 0.0890 e. The number of nitrogens with one attached hydrogen (secondary N) is 1. The topological polar surface area (TPSA) is 63.8 Å². The molecule has 1 saturated carbocycles. The van der Waals surface area contributed by atoms with Crippen molar-refractivity contribution >= 4 is 11.0 Å². The number of fused-ring (bicyclic) bond motifs is 1. The van der Waals surface area contributed by atoms with Crippen LogP contribution in [-0.4, -0.2) is 9.97 Å². The van der Waals surface area contributed by atoms with Gasteiger partial charge in [-0.05, 0) is 42.7 Å². The molecule has 3 rings (SSSR count). The zero-order chi connectivity index (χ0) is 14.8. The summed E-state index contributed by atoms with van der Waals surface area (Å²) in [5.41, 5.74) is 5.82. The molecule has 4 heteroatoms. The molecule has 4 nitrogen and oxygen atoms in total. The van der Waals surface area contributed by atoms with E-state index in [1.54, 1.807) is 0 Å². The fourth-order valence-corrected chi connectivity index (χ4v) is 3.48. The van der Waals surface area contributed by atoms with E-state index in [0.29, 0.717) is 5.92 Å². The highest BCUT2D eigenvalue weighted by molar-refractivity contribution is 5.73. The third-order valence-corrected chi connectivity index (χ3v) is 5.08. The molecule has 1 fully saturated rings. The van der Waals surface area contributed by atoms with Gasteiger partial charge in [0.25, 0.3) is 0 Å². The fourth-order valence-electron chi connectivity index (χ4n) is 3.48. The molecule has 2 aromatic rings. The highest BCUT2D eigenvalue weighted by Crippen LogP contribution is 2.39. The van der Waals surface area contributed by atoms with E-state index >= 15 is 0 Å². The Morgan fingerprint density at radius 1 is 1.14 bits per heavy atom. The van der Waals surface area contributed by atoms with E-state index < -0.39 is 0 Å². The molecule has 0 bridgehead atoms. The molecule has 4 atom stereocenters. The maximum atomic E-state index is 5.84. The predicted molar refractivity (Wildman–Crippen MR) is 85.3 cm³/mol. The van der Waals surface area contributed by atoms with Gasteiger partial charge in [0.05, 0.1) is 29.0 Å². The van der Waals surface area contributed by atoms with Crippen LogP contribution in [0.3, 0.4) is 0 Å². The summed E-state index contributed by atoms with van der Waals surface area (Å²) in [5, 5.41) is 0. The summed E-state index contributed by atoms with van der Waals surface area (Å²) in [6.07, 6.45) is 5.54. The number of hydrazine groups is 1. The zero-order valence-corrected chi connectivity index (χ0v) is 12.8. The molecule has 21 heavy (non-hydrogen) atoms. The number of aromatic nitrogens is 2. The Morgan fingerprint density at radius 3 is 2.62 bits per heavy atom. The zero-order valence-electron chi connectivity index (χ0n) is 12.8. The third-order valence-electron chi connectivity index (χ3n) is 5.08. The van der Waals surface area contributed by atoms with Gasteiger partial charge in [0, 0.05) is 0 Å². The van der Waals surface area contributed by atoms with Gasteiger partial charge in [0.2, 0.25) is 0 Å². The van der Waals surface area contributed by atoms with E-state index in [1.807, 2.05) is 30.5 Å². The van der Waals surface area contributed by atoms with Crippen LogP contribution in [0.4, 0.5) is 0 Å². The number of hydrogen-bond donors (Lipinski definition) is 2. The van der Waals surface area contributed by atoms with E-state index in [1.165, 1.54) is 19.3 Å². The van der Waals surface area contributed by atoms with Crippen molar-refractivity contribution in [2.24, 2.45) is 23.6 Å². The number of benzene rings is 1. The first-order valence-electron chi connectivity index (χ1n) is 7.87. The number of para-hydroxylation sites is 2. The first-order valence-corrected chi connectivity index (χ1v) is 7.87. The lowest BCUT2D eigenvalue weighted by molar-refractivity contribution is 0.169. The average molecular weight is 284 g/mol. The number of hydrogen-bond acceptors (Lipinski definition) is 4. The molecule has 1 aromatic heterocycles. The first kappa shape index (κ1) is 14.4. The Labute approximate surface area is 126 Å². The lowest BCUT2D eigenvalue weighted by Crippen LogP contribution is -2.37. The second kappa shape index (κ2) is 6.08. The molecule has 1 aliphatic carbocycles. The highest BCUT2D eigenvalue weighted by Gasteiger charge is 2.31. The second-order valence-corrected chi connectivity index (χ2v) is 6.46. The Bertz CT molecular complexity index is 613. The van der Waals surface area contributed by atoms with Crippen molar-refractivity contribution in [2.45, 2.75) is 39.2 Å². The standard InChI is InChI=1S/C17H24N4/c1-11-7-8-13(9-12(11)2)17(21-18)16-10-19-14-5-3-4-6-15(14)20-16/h3-6,10-13,17,21H,7-9,18H2,1-2H3. The van der Waals surface area contributed by atoms with Gasteiger partial charge in [0.15, 0.2) is 0 Å². The second-order valence-electron chi connectivity index (χ2n) is 6.46. The number of nitrogens with two attached hydrogens (primary N) is 1. The van der Waals surface area contributed by atoms with Crippen LogP contribution >= 0.6 is 0 Å². The summed E-state index contributed by atoms with van der Waals surface area (Å²) < 4.78 is 0. The number of nitrogens with zero attached hydrogens (tertiary/aromatic N) is 2. The molecule has 3 N–H and O–H groups in total. The van der Waals surface area contributed by atoms with Crippen molar-refractivity contribution in [1.82, 2.24) is 15.4 Å². The molecule has 0 saturated heterocycles. The molecule has 4 unspecified atom stereocenters. The van der Waals surface area contributed by atoms with E-state index in [2.05, 4.69) is 24.3 Å². The molecule has 1 aliphatic rings. The Morgan fingerprint density at radius 2 is 1.90 bits per heavy atom. The molecule has 1 aromatic carbocycles. The summed E-state index contributed by atoms with van der Waals surface area (Å²) in [6.45, 7) is 4.69. The minimum atomic E-state index is 0.0945. The minimum Gasteiger partial charge on any atom is -0.271 e. The maximum absolute atomic E-state index is 5.84. The molecule has 0 radical (unpaired) electrons. The van der Waals surface area contributed by atoms with Crippen LogP contribution in [0.5, 0.6) is 0 Å². The van der Waals surface area contributed by atoms with E-state index in [-0.39, 0.29) is 6.04 Å². The molecule has 112 valence electrons. The molecule has 1 heterocycles. The van der Waals surface area contributed by atoms with E-state index in [0.717, 1.165) is 28.6 Å². The quantitative estimate of drug-likeness (QED) is 0.671. The summed E-state index contributed by atoms with van der Waals surface area (Å²) in [4.78, 5) is 9.28. The van der Waals surface area contributed by atoms with Crippen molar-refractivity contribution in [3.63, 3.8) is 0 Å². The van der Waals surface area contributed by atoms with Crippen molar-refractivity contribution in [3.8, 4) is 0 Å². The van der Waals surface area contributed by atoms with Gasteiger partial charge in [-0.15, -0.1) is 0 Å². The Balaban J connectivity index is 1.87. The highest BCUT2D eigenvalue weighted by atomic mass is 15.2. The van der Waals surface area contributed by atoms with E-state index in [9.17, 15) is 0 Å². The van der Waals surface area contributed by atoms with Gasteiger partial charge >= 0.3 is 0 Å². The van der Waals surface area contributed by atoms with Crippen molar-refractivity contribution in [1.29, 1.82) is 0 Å². The van der Waals surface area contributed by atoms with Gasteiger partial charge in [0.1, 0.15) is 0 Å². The van der Waals surface area contributed by atoms with Crippen LogP contribution in [0, 0.1) is 17.8 Å². The molecule has 0 amide bonds. The van der Waals surface area contributed by atoms with Crippen LogP contribution in [-0.2, 0) is 0 Å².